The summed E-state index contributed by atoms with van der Waals surface area (Å²) in [6.45, 7) is 4.25. The van der Waals surface area contributed by atoms with Crippen LogP contribution in [0.5, 0.6) is 0 Å². The van der Waals surface area contributed by atoms with Gasteiger partial charge in [0.2, 0.25) is 0 Å². The summed E-state index contributed by atoms with van der Waals surface area (Å²) in [5.74, 6) is 0. The topological polar surface area (TPSA) is 38.9 Å². The highest BCUT2D eigenvalue weighted by Crippen LogP contribution is 2.39. The van der Waals surface area contributed by atoms with E-state index in [0.29, 0.717) is 0 Å². The number of hydrogen-bond acceptors (Lipinski definition) is 3. The minimum Gasteiger partial charge on any atom is -0.455 e. The number of nitrogens with zero attached hydrogens (tertiary/aromatic N) is 2. The summed E-state index contributed by atoms with van der Waals surface area (Å²) in [7, 11) is 0. The number of fused-ring (bicyclic) bond motifs is 4. The van der Waals surface area contributed by atoms with Crippen LogP contribution < -0.4 is 0 Å². The Labute approximate surface area is 180 Å². The van der Waals surface area contributed by atoms with Crippen LogP contribution in [0.1, 0.15) is 11.1 Å². The largest absolute Gasteiger partial charge is 0.455 e. The molecule has 4 aromatic carbocycles. The molecule has 0 aliphatic rings. The highest BCUT2D eigenvalue weighted by molar-refractivity contribution is 6.12. The Kier molecular flexibility index (Phi) is 3.90. The minimum absolute atomic E-state index is 0.877. The molecular formula is C28H20N2O. The van der Waals surface area contributed by atoms with E-state index in [4.69, 9.17) is 9.40 Å². The highest BCUT2D eigenvalue weighted by atomic mass is 16.3. The standard InChI is InChI=1S/C28H20N2O/c1-17-13-22-26-18(2)7-6-10-25(26)31-28(22)23(14-17)27-21-12-11-20(15-24(21)29-16-30-27)19-8-4-3-5-9-19/h3-16H,1-2H3. The third-order valence-electron chi connectivity index (χ3n) is 5.95. The van der Waals surface area contributed by atoms with Gasteiger partial charge in [0.05, 0.1) is 11.2 Å². The van der Waals surface area contributed by atoms with Gasteiger partial charge in [-0.05, 0) is 66.4 Å². The summed E-state index contributed by atoms with van der Waals surface area (Å²) >= 11 is 0. The van der Waals surface area contributed by atoms with Gasteiger partial charge in [0, 0.05) is 21.7 Å². The fraction of sp³-hybridized carbons (Fsp3) is 0.0714. The monoisotopic (exact) mass is 400 g/mol. The summed E-state index contributed by atoms with van der Waals surface area (Å²) in [4.78, 5) is 9.26. The molecule has 2 heterocycles. The first-order valence-electron chi connectivity index (χ1n) is 10.4. The summed E-state index contributed by atoms with van der Waals surface area (Å²) < 4.78 is 6.36. The van der Waals surface area contributed by atoms with Gasteiger partial charge in [0.25, 0.3) is 0 Å². The van der Waals surface area contributed by atoms with Crippen molar-refractivity contribution >= 4 is 32.8 Å². The Hall–Kier alpha value is -3.98. The molecule has 3 heteroatoms. The van der Waals surface area contributed by atoms with Gasteiger partial charge in [-0.15, -0.1) is 0 Å². The fourth-order valence-electron chi connectivity index (χ4n) is 4.51. The molecule has 0 bridgehead atoms. The second-order valence-corrected chi connectivity index (χ2v) is 8.06. The molecule has 0 unspecified atom stereocenters. The van der Waals surface area contributed by atoms with Crippen LogP contribution in [-0.4, -0.2) is 9.97 Å². The molecule has 0 saturated heterocycles. The van der Waals surface area contributed by atoms with Crippen molar-refractivity contribution in [2.45, 2.75) is 13.8 Å². The van der Waals surface area contributed by atoms with Crippen LogP contribution in [0.2, 0.25) is 0 Å². The molecule has 0 saturated carbocycles. The molecule has 0 N–H and O–H groups in total. The Bertz CT molecular complexity index is 1600. The zero-order valence-electron chi connectivity index (χ0n) is 17.4. The first kappa shape index (κ1) is 17.8. The second-order valence-electron chi connectivity index (χ2n) is 8.06. The number of rotatable bonds is 2. The molecule has 0 aliphatic carbocycles. The molecule has 3 nitrogen and oxygen atoms in total. The summed E-state index contributed by atoms with van der Waals surface area (Å²) in [6, 6.07) is 27.3. The lowest BCUT2D eigenvalue weighted by Crippen LogP contribution is -1.91. The summed E-state index contributed by atoms with van der Waals surface area (Å²) in [6.07, 6.45) is 1.65. The van der Waals surface area contributed by atoms with Gasteiger partial charge in [-0.25, -0.2) is 9.97 Å². The van der Waals surface area contributed by atoms with Gasteiger partial charge in [-0.1, -0.05) is 48.5 Å². The zero-order chi connectivity index (χ0) is 20.9. The van der Waals surface area contributed by atoms with Crippen LogP contribution in [0.4, 0.5) is 0 Å². The molecule has 148 valence electrons. The fourth-order valence-corrected chi connectivity index (χ4v) is 4.51. The van der Waals surface area contributed by atoms with Crippen molar-refractivity contribution in [2.75, 3.05) is 0 Å². The van der Waals surface area contributed by atoms with Crippen molar-refractivity contribution in [3.8, 4) is 22.4 Å². The Morgan fingerprint density at radius 1 is 0.710 bits per heavy atom. The molecule has 0 amide bonds. The smallest absolute Gasteiger partial charge is 0.144 e. The lowest BCUT2D eigenvalue weighted by atomic mass is 9.98. The van der Waals surface area contributed by atoms with Crippen LogP contribution in [0.3, 0.4) is 0 Å². The van der Waals surface area contributed by atoms with Crippen LogP contribution in [-0.2, 0) is 0 Å². The Morgan fingerprint density at radius 3 is 2.45 bits per heavy atom. The third kappa shape index (κ3) is 2.82. The molecule has 2 aromatic heterocycles. The van der Waals surface area contributed by atoms with Gasteiger partial charge in [-0.2, -0.15) is 0 Å². The lowest BCUT2D eigenvalue weighted by molar-refractivity contribution is 0.669. The molecule has 6 rings (SSSR count). The zero-order valence-corrected chi connectivity index (χ0v) is 17.4. The van der Waals surface area contributed by atoms with E-state index in [2.05, 4.69) is 79.5 Å². The van der Waals surface area contributed by atoms with Gasteiger partial charge in [-0.3, -0.25) is 0 Å². The minimum atomic E-state index is 0.877. The Morgan fingerprint density at radius 2 is 1.58 bits per heavy atom. The average Bonchev–Trinajstić information content (AvgIpc) is 3.18. The van der Waals surface area contributed by atoms with Crippen LogP contribution in [0, 0.1) is 13.8 Å². The van der Waals surface area contributed by atoms with Crippen LogP contribution in [0.15, 0.2) is 89.6 Å². The summed E-state index contributed by atoms with van der Waals surface area (Å²) in [5, 5.41) is 3.33. The molecule has 31 heavy (non-hydrogen) atoms. The van der Waals surface area contributed by atoms with E-state index in [0.717, 1.165) is 44.3 Å². The van der Waals surface area contributed by atoms with Gasteiger partial charge >= 0.3 is 0 Å². The van der Waals surface area contributed by atoms with E-state index in [1.54, 1.807) is 6.33 Å². The number of benzene rings is 4. The normalized spacial score (nSPS) is 11.5. The number of furan rings is 1. The third-order valence-corrected chi connectivity index (χ3v) is 5.95. The highest BCUT2D eigenvalue weighted by Gasteiger charge is 2.17. The Balaban J connectivity index is 1.63. The van der Waals surface area contributed by atoms with E-state index < -0.39 is 0 Å². The quantitative estimate of drug-likeness (QED) is 0.302. The number of aryl methyl sites for hydroxylation is 2. The number of hydrogen-bond donors (Lipinski definition) is 0. The van der Waals surface area contributed by atoms with Gasteiger partial charge < -0.3 is 4.42 Å². The molecule has 0 aliphatic heterocycles. The second kappa shape index (κ2) is 6.78. The maximum absolute atomic E-state index is 6.36. The molecule has 6 aromatic rings. The van der Waals surface area contributed by atoms with Gasteiger partial charge in [0.15, 0.2) is 0 Å². The van der Waals surface area contributed by atoms with Crippen LogP contribution >= 0.6 is 0 Å². The lowest BCUT2D eigenvalue weighted by Gasteiger charge is -2.09. The van der Waals surface area contributed by atoms with Crippen molar-refractivity contribution < 1.29 is 4.42 Å². The molecule has 0 atom stereocenters. The maximum atomic E-state index is 6.36. The average molecular weight is 400 g/mol. The van der Waals surface area contributed by atoms with E-state index in [-0.39, 0.29) is 0 Å². The van der Waals surface area contributed by atoms with Gasteiger partial charge in [0.1, 0.15) is 17.5 Å². The maximum Gasteiger partial charge on any atom is 0.144 e. The van der Waals surface area contributed by atoms with Crippen molar-refractivity contribution in [1.29, 1.82) is 0 Å². The predicted molar refractivity (Wildman–Crippen MR) is 127 cm³/mol. The van der Waals surface area contributed by atoms with E-state index in [1.165, 1.54) is 22.1 Å². The molecule has 0 radical (unpaired) electrons. The first-order chi connectivity index (χ1) is 15.2. The van der Waals surface area contributed by atoms with Crippen molar-refractivity contribution in [2.24, 2.45) is 0 Å². The molecular weight excluding hydrogens is 380 g/mol. The molecule has 0 spiro atoms. The summed E-state index contributed by atoms with van der Waals surface area (Å²) in [5.41, 5.74) is 9.33. The molecule has 0 fully saturated rings. The van der Waals surface area contributed by atoms with E-state index >= 15 is 0 Å². The van der Waals surface area contributed by atoms with Crippen molar-refractivity contribution in [1.82, 2.24) is 9.97 Å². The van der Waals surface area contributed by atoms with E-state index in [1.807, 2.05) is 18.2 Å². The van der Waals surface area contributed by atoms with E-state index in [9.17, 15) is 0 Å². The first-order valence-corrected chi connectivity index (χ1v) is 10.4. The van der Waals surface area contributed by atoms with Crippen molar-refractivity contribution in [3.63, 3.8) is 0 Å². The number of aromatic nitrogens is 2. The van der Waals surface area contributed by atoms with Crippen LogP contribution in [0.25, 0.3) is 55.2 Å². The SMILES string of the molecule is Cc1cc(-c2ncnc3cc(-c4ccccc4)ccc23)c2oc3cccc(C)c3c2c1. The predicted octanol–water partition coefficient (Wildman–Crippen LogP) is 7.48. The van der Waals surface area contributed by atoms with Crippen molar-refractivity contribution in [3.05, 3.63) is 96.3 Å².